The van der Waals surface area contributed by atoms with Crippen molar-refractivity contribution in [1.82, 2.24) is 4.90 Å². The van der Waals surface area contributed by atoms with E-state index in [4.69, 9.17) is 4.74 Å². The van der Waals surface area contributed by atoms with Crippen LogP contribution in [0.1, 0.15) is 13.8 Å². The second-order valence-electron chi connectivity index (χ2n) is 3.22. The summed E-state index contributed by atoms with van der Waals surface area (Å²) in [5.74, 6) is 0.775. The van der Waals surface area contributed by atoms with Gasteiger partial charge in [-0.15, -0.1) is 0 Å². The molecule has 88 valence electrons. The lowest BCUT2D eigenvalue weighted by atomic mass is 10.3. The molecule has 0 saturated carbocycles. The highest BCUT2D eigenvalue weighted by atomic mass is 32.2. The Balaban J connectivity index is 2.68. The van der Waals surface area contributed by atoms with Gasteiger partial charge in [-0.05, 0) is 43.8 Å². The number of benzene rings is 1. The summed E-state index contributed by atoms with van der Waals surface area (Å²) in [4.78, 5) is 14.5. The fourth-order valence-corrected chi connectivity index (χ4v) is 2.22. The van der Waals surface area contributed by atoms with Gasteiger partial charge in [-0.2, -0.15) is 0 Å². The van der Waals surface area contributed by atoms with Crippen molar-refractivity contribution >= 4 is 17.0 Å². The topological polar surface area (TPSA) is 29.5 Å². The van der Waals surface area contributed by atoms with Gasteiger partial charge in [-0.1, -0.05) is 6.07 Å². The maximum absolute atomic E-state index is 11.8. The molecular formula is C12H17NO2S. The number of hydrogen-bond donors (Lipinski definition) is 0. The van der Waals surface area contributed by atoms with E-state index >= 15 is 0 Å². The number of nitrogens with zero attached hydrogens (tertiary/aromatic N) is 1. The Hall–Kier alpha value is -1.16. The van der Waals surface area contributed by atoms with Crippen LogP contribution >= 0.6 is 11.8 Å². The van der Waals surface area contributed by atoms with Crippen LogP contribution in [-0.4, -0.2) is 30.3 Å². The van der Waals surface area contributed by atoms with E-state index in [2.05, 4.69) is 0 Å². The number of carbonyl (C=O) groups is 1. The van der Waals surface area contributed by atoms with Crippen molar-refractivity contribution in [2.24, 2.45) is 0 Å². The molecule has 4 heteroatoms. The Morgan fingerprint density at radius 2 is 2.06 bits per heavy atom. The second-order valence-corrected chi connectivity index (χ2v) is 4.24. The van der Waals surface area contributed by atoms with Gasteiger partial charge in [0.15, 0.2) is 0 Å². The average molecular weight is 239 g/mol. The summed E-state index contributed by atoms with van der Waals surface area (Å²) in [6.45, 7) is 5.44. The zero-order valence-electron chi connectivity index (χ0n) is 9.90. The van der Waals surface area contributed by atoms with Gasteiger partial charge in [-0.3, -0.25) is 4.79 Å². The van der Waals surface area contributed by atoms with Gasteiger partial charge in [-0.25, -0.2) is 0 Å². The molecule has 0 radical (unpaired) electrons. The fourth-order valence-electron chi connectivity index (χ4n) is 1.31. The quantitative estimate of drug-likeness (QED) is 0.755. The standard InChI is InChI=1S/C12H17NO2S/c1-4-13(5-2)12(14)16-11-8-6-7-10(9-11)15-3/h6-9H,4-5H2,1-3H3. The van der Waals surface area contributed by atoms with Crippen molar-refractivity contribution in [3.8, 4) is 5.75 Å². The van der Waals surface area contributed by atoms with Crippen LogP contribution in [-0.2, 0) is 0 Å². The van der Waals surface area contributed by atoms with E-state index in [1.807, 2.05) is 38.1 Å². The third-order valence-corrected chi connectivity index (χ3v) is 3.19. The first kappa shape index (κ1) is 12.9. The molecule has 0 saturated heterocycles. The molecule has 0 bridgehead atoms. The highest BCUT2D eigenvalue weighted by molar-refractivity contribution is 8.13. The predicted molar refractivity (Wildman–Crippen MR) is 67.2 cm³/mol. The van der Waals surface area contributed by atoms with Gasteiger partial charge < -0.3 is 9.64 Å². The highest BCUT2D eigenvalue weighted by Crippen LogP contribution is 2.25. The molecule has 0 N–H and O–H groups in total. The van der Waals surface area contributed by atoms with E-state index in [9.17, 15) is 4.79 Å². The molecule has 1 rings (SSSR count). The van der Waals surface area contributed by atoms with Crippen LogP contribution in [0.15, 0.2) is 29.2 Å². The van der Waals surface area contributed by atoms with Gasteiger partial charge in [0.25, 0.3) is 5.24 Å². The Morgan fingerprint density at radius 3 is 2.62 bits per heavy atom. The molecule has 16 heavy (non-hydrogen) atoms. The molecular weight excluding hydrogens is 222 g/mol. The Labute approximate surface area is 101 Å². The third kappa shape index (κ3) is 3.45. The molecule has 0 atom stereocenters. The van der Waals surface area contributed by atoms with Crippen LogP contribution < -0.4 is 4.74 Å². The summed E-state index contributed by atoms with van der Waals surface area (Å²) in [7, 11) is 1.62. The third-order valence-electron chi connectivity index (χ3n) is 2.27. The molecule has 3 nitrogen and oxygen atoms in total. The van der Waals surface area contributed by atoms with E-state index in [-0.39, 0.29) is 5.24 Å². The van der Waals surface area contributed by atoms with Crippen LogP contribution in [0.5, 0.6) is 5.75 Å². The molecule has 0 heterocycles. The molecule has 0 fully saturated rings. The number of thioether (sulfide) groups is 1. The van der Waals surface area contributed by atoms with Crippen LogP contribution in [0.2, 0.25) is 0 Å². The van der Waals surface area contributed by atoms with Gasteiger partial charge in [0.05, 0.1) is 7.11 Å². The highest BCUT2D eigenvalue weighted by Gasteiger charge is 2.11. The monoisotopic (exact) mass is 239 g/mol. The maximum atomic E-state index is 11.8. The summed E-state index contributed by atoms with van der Waals surface area (Å²) in [5, 5.41) is 0.0817. The number of hydrogen-bond acceptors (Lipinski definition) is 3. The van der Waals surface area contributed by atoms with Crippen LogP contribution in [0.3, 0.4) is 0 Å². The smallest absolute Gasteiger partial charge is 0.286 e. The summed E-state index contributed by atoms with van der Waals surface area (Å²) >= 11 is 1.24. The molecule has 0 aliphatic carbocycles. The van der Waals surface area contributed by atoms with Crippen LogP contribution in [0.4, 0.5) is 4.79 Å². The van der Waals surface area contributed by atoms with Gasteiger partial charge in [0.2, 0.25) is 0 Å². The molecule has 0 unspecified atom stereocenters. The van der Waals surface area contributed by atoms with Crippen molar-refractivity contribution in [1.29, 1.82) is 0 Å². The minimum Gasteiger partial charge on any atom is -0.497 e. The van der Waals surface area contributed by atoms with E-state index in [1.165, 1.54) is 11.8 Å². The van der Waals surface area contributed by atoms with E-state index < -0.39 is 0 Å². The minimum absolute atomic E-state index is 0.0817. The molecule has 0 aromatic heterocycles. The first-order valence-electron chi connectivity index (χ1n) is 5.32. The maximum Gasteiger partial charge on any atom is 0.286 e. The number of ether oxygens (including phenoxy) is 1. The zero-order valence-corrected chi connectivity index (χ0v) is 10.7. The van der Waals surface area contributed by atoms with Crippen molar-refractivity contribution < 1.29 is 9.53 Å². The molecule has 0 aliphatic heterocycles. The van der Waals surface area contributed by atoms with Crippen molar-refractivity contribution in [3.05, 3.63) is 24.3 Å². The lowest BCUT2D eigenvalue weighted by Gasteiger charge is -2.17. The second kappa shape index (κ2) is 6.43. The van der Waals surface area contributed by atoms with Crippen LogP contribution in [0, 0.1) is 0 Å². The van der Waals surface area contributed by atoms with Crippen LogP contribution in [0.25, 0.3) is 0 Å². The predicted octanol–water partition coefficient (Wildman–Crippen LogP) is 3.25. The summed E-state index contributed by atoms with van der Waals surface area (Å²) < 4.78 is 5.11. The molecule has 1 amide bonds. The summed E-state index contributed by atoms with van der Waals surface area (Å²) in [5.41, 5.74) is 0. The fraction of sp³-hybridized carbons (Fsp3) is 0.417. The molecule has 0 spiro atoms. The summed E-state index contributed by atoms with van der Waals surface area (Å²) in [6.07, 6.45) is 0. The Morgan fingerprint density at radius 1 is 1.38 bits per heavy atom. The lowest BCUT2D eigenvalue weighted by molar-refractivity contribution is 0.228. The number of amides is 1. The molecule has 1 aromatic rings. The molecule has 0 aliphatic rings. The first-order chi connectivity index (χ1) is 7.71. The number of methoxy groups -OCH3 is 1. The van der Waals surface area contributed by atoms with Crippen molar-refractivity contribution in [2.75, 3.05) is 20.2 Å². The van der Waals surface area contributed by atoms with E-state index in [0.717, 1.165) is 23.7 Å². The van der Waals surface area contributed by atoms with E-state index in [1.54, 1.807) is 12.0 Å². The van der Waals surface area contributed by atoms with Gasteiger partial charge in [0.1, 0.15) is 5.75 Å². The Bertz CT molecular complexity index is 351. The summed E-state index contributed by atoms with van der Waals surface area (Å²) in [6, 6.07) is 7.53. The SMILES string of the molecule is CCN(CC)C(=O)Sc1cccc(OC)c1. The largest absolute Gasteiger partial charge is 0.497 e. The Kier molecular flexibility index (Phi) is 5.19. The van der Waals surface area contributed by atoms with Crippen molar-refractivity contribution in [2.45, 2.75) is 18.7 Å². The lowest BCUT2D eigenvalue weighted by Crippen LogP contribution is -2.26. The normalized spacial score (nSPS) is 9.94. The van der Waals surface area contributed by atoms with Gasteiger partial charge >= 0.3 is 0 Å². The zero-order chi connectivity index (χ0) is 12.0. The van der Waals surface area contributed by atoms with Crippen molar-refractivity contribution in [3.63, 3.8) is 0 Å². The first-order valence-corrected chi connectivity index (χ1v) is 6.13. The molecule has 1 aromatic carbocycles. The van der Waals surface area contributed by atoms with Gasteiger partial charge in [0, 0.05) is 18.0 Å². The average Bonchev–Trinajstić information content (AvgIpc) is 2.31. The minimum atomic E-state index is 0.0817. The van der Waals surface area contributed by atoms with E-state index in [0.29, 0.717) is 0 Å². The number of carbonyl (C=O) groups excluding carboxylic acids is 1. The number of rotatable bonds is 4.